The van der Waals surface area contributed by atoms with Crippen LogP contribution in [0.4, 0.5) is 5.69 Å². The first-order chi connectivity index (χ1) is 7.02. The highest BCUT2D eigenvalue weighted by Gasteiger charge is 2.08. The molecule has 0 heterocycles. The maximum absolute atomic E-state index is 10.4. The lowest BCUT2D eigenvalue weighted by Gasteiger charge is -1.96. The second-order valence-electron chi connectivity index (χ2n) is 2.88. The molecule has 0 radical (unpaired) electrons. The van der Waals surface area contributed by atoms with Crippen molar-refractivity contribution in [2.45, 2.75) is 13.8 Å². The Balaban J connectivity index is 0.000000423. The third kappa shape index (κ3) is 4.75. The Labute approximate surface area is 87.8 Å². The summed E-state index contributed by atoms with van der Waals surface area (Å²) in [5.74, 6) is 0. The van der Waals surface area contributed by atoms with Crippen LogP contribution in [-0.2, 0) is 9.53 Å². The summed E-state index contributed by atoms with van der Waals surface area (Å²) in [4.78, 5) is 19.0. The summed E-state index contributed by atoms with van der Waals surface area (Å²) < 4.78 is 3.86. The van der Waals surface area contributed by atoms with E-state index >= 15 is 0 Å². The van der Waals surface area contributed by atoms with Gasteiger partial charge in [-0.1, -0.05) is 12.1 Å². The number of hydrogen-bond acceptors (Lipinski definition) is 4. The normalized spacial score (nSPS) is 8.47. The Morgan fingerprint density at radius 1 is 1.40 bits per heavy atom. The van der Waals surface area contributed by atoms with Gasteiger partial charge < -0.3 is 4.74 Å². The number of aryl methyl sites for hydroxylation is 2. The molecule has 0 aromatic heterocycles. The average molecular weight is 211 g/mol. The molecular formula is C10H13NO4. The molecule has 1 aromatic carbocycles. The van der Waals surface area contributed by atoms with Gasteiger partial charge in [-0.25, -0.2) is 0 Å². The maximum atomic E-state index is 10.4. The van der Waals surface area contributed by atoms with E-state index in [0.29, 0.717) is 12.0 Å². The van der Waals surface area contributed by atoms with Crippen molar-refractivity contribution in [3.8, 4) is 0 Å². The van der Waals surface area contributed by atoms with Gasteiger partial charge >= 0.3 is 0 Å². The highest BCUT2D eigenvalue weighted by molar-refractivity contribution is 5.41. The number of nitro groups is 1. The summed E-state index contributed by atoms with van der Waals surface area (Å²) in [5.41, 5.74) is 1.83. The van der Waals surface area contributed by atoms with Gasteiger partial charge in [0.05, 0.1) is 12.0 Å². The van der Waals surface area contributed by atoms with Gasteiger partial charge in [0.25, 0.3) is 12.2 Å². The Morgan fingerprint density at radius 2 is 1.93 bits per heavy atom. The average Bonchev–Trinajstić information content (AvgIpc) is 2.22. The zero-order valence-electron chi connectivity index (χ0n) is 8.89. The monoisotopic (exact) mass is 211 g/mol. The molecule has 0 N–H and O–H groups in total. The molecule has 1 rings (SSSR count). The number of hydrogen-bond donors (Lipinski definition) is 0. The topological polar surface area (TPSA) is 69.4 Å². The van der Waals surface area contributed by atoms with E-state index in [1.54, 1.807) is 19.1 Å². The van der Waals surface area contributed by atoms with Crippen LogP contribution in [0.3, 0.4) is 0 Å². The van der Waals surface area contributed by atoms with Gasteiger partial charge in [0.15, 0.2) is 0 Å². The summed E-state index contributed by atoms with van der Waals surface area (Å²) in [7, 11) is 1.31. The molecule has 0 saturated carbocycles. The fraction of sp³-hybridized carbons (Fsp3) is 0.300. The van der Waals surface area contributed by atoms with Gasteiger partial charge in [0, 0.05) is 11.6 Å². The number of carbonyl (C=O) groups is 1. The van der Waals surface area contributed by atoms with Crippen LogP contribution in [0.15, 0.2) is 18.2 Å². The lowest BCUT2D eigenvalue weighted by Crippen LogP contribution is -1.91. The fourth-order valence-corrected chi connectivity index (χ4v) is 0.916. The molecule has 0 bridgehead atoms. The number of methoxy groups -OCH3 is 1. The van der Waals surface area contributed by atoms with E-state index in [1.807, 2.05) is 13.0 Å². The molecule has 0 spiro atoms. The summed E-state index contributed by atoms with van der Waals surface area (Å²) in [6, 6.07) is 5.20. The lowest BCUT2D eigenvalue weighted by atomic mass is 10.1. The molecule has 0 amide bonds. The number of benzene rings is 1. The van der Waals surface area contributed by atoms with Crippen LogP contribution in [0.25, 0.3) is 0 Å². The number of nitrogens with zero attached hydrogens (tertiary/aromatic N) is 1. The molecule has 0 aliphatic heterocycles. The van der Waals surface area contributed by atoms with Crippen molar-refractivity contribution in [2.24, 2.45) is 0 Å². The Kier molecular flexibility index (Phi) is 5.70. The molecule has 1 aromatic rings. The molecule has 0 fully saturated rings. The minimum absolute atomic E-state index is 0.199. The molecule has 5 nitrogen and oxygen atoms in total. The standard InChI is InChI=1S/C8H9NO2.C2H4O2/c1-6-3-4-7(2)8(5-6)9(10)11;1-4-2-3/h3-5H,1-2H3;2H,1H3. The quantitative estimate of drug-likeness (QED) is 0.426. The van der Waals surface area contributed by atoms with Crippen molar-refractivity contribution in [3.05, 3.63) is 39.4 Å². The van der Waals surface area contributed by atoms with Crippen LogP contribution in [0.2, 0.25) is 0 Å². The van der Waals surface area contributed by atoms with E-state index in [1.165, 1.54) is 7.11 Å². The molecular weight excluding hydrogens is 198 g/mol. The van der Waals surface area contributed by atoms with Crippen LogP contribution in [0.5, 0.6) is 0 Å². The summed E-state index contributed by atoms with van der Waals surface area (Å²) >= 11 is 0. The summed E-state index contributed by atoms with van der Waals surface area (Å²) in [5, 5.41) is 10.4. The fourth-order valence-electron chi connectivity index (χ4n) is 0.916. The first kappa shape index (κ1) is 13.1. The molecule has 0 aliphatic carbocycles. The van der Waals surface area contributed by atoms with E-state index in [9.17, 15) is 10.1 Å². The van der Waals surface area contributed by atoms with Gasteiger partial charge in [-0.2, -0.15) is 0 Å². The van der Waals surface area contributed by atoms with Crippen LogP contribution >= 0.6 is 0 Å². The zero-order chi connectivity index (χ0) is 11.8. The van der Waals surface area contributed by atoms with Crippen molar-refractivity contribution in [3.63, 3.8) is 0 Å². The van der Waals surface area contributed by atoms with E-state index in [-0.39, 0.29) is 10.6 Å². The number of rotatable bonds is 2. The number of carbonyl (C=O) groups excluding carboxylic acids is 1. The van der Waals surface area contributed by atoms with Gasteiger partial charge in [0.2, 0.25) is 0 Å². The molecule has 82 valence electrons. The van der Waals surface area contributed by atoms with E-state index in [4.69, 9.17) is 4.79 Å². The molecule has 5 heteroatoms. The second kappa shape index (κ2) is 6.53. The molecule has 0 atom stereocenters. The predicted molar refractivity (Wildman–Crippen MR) is 55.6 cm³/mol. The maximum Gasteiger partial charge on any atom is 0.292 e. The number of nitro benzene ring substituents is 1. The highest BCUT2D eigenvalue weighted by atomic mass is 16.6. The Hall–Kier alpha value is -1.91. The first-order valence-electron chi connectivity index (χ1n) is 4.21. The van der Waals surface area contributed by atoms with Crippen molar-refractivity contribution in [1.29, 1.82) is 0 Å². The summed E-state index contributed by atoms with van der Waals surface area (Å²) in [6.07, 6.45) is 0. The smallest absolute Gasteiger partial charge is 0.292 e. The van der Waals surface area contributed by atoms with E-state index in [0.717, 1.165) is 5.56 Å². The SMILES string of the molecule is COC=O.Cc1ccc(C)c([N+](=O)[O-])c1. The second-order valence-corrected chi connectivity index (χ2v) is 2.88. The minimum Gasteiger partial charge on any atom is -0.471 e. The van der Waals surface area contributed by atoms with Gasteiger partial charge in [-0.05, 0) is 19.4 Å². The molecule has 0 aliphatic rings. The lowest BCUT2D eigenvalue weighted by molar-refractivity contribution is -0.385. The predicted octanol–water partition coefficient (Wildman–Crippen LogP) is 2.00. The van der Waals surface area contributed by atoms with Crippen molar-refractivity contribution in [1.82, 2.24) is 0 Å². The third-order valence-corrected chi connectivity index (χ3v) is 1.66. The summed E-state index contributed by atoms with van der Waals surface area (Å²) in [6.45, 7) is 3.95. The highest BCUT2D eigenvalue weighted by Crippen LogP contribution is 2.18. The Bertz CT molecular complexity index is 349. The van der Waals surface area contributed by atoms with Crippen molar-refractivity contribution >= 4 is 12.2 Å². The van der Waals surface area contributed by atoms with Crippen molar-refractivity contribution < 1.29 is 14.5 Å². The van der Waals surface area contributed by atoms with E-state index < -0.39 is 0 Å². The third-order valence-electron chi connectivity index (χ3n) is 1.66. The molecule has 15 heavy (non-hydrogen) atoms. The minimum atomic E-state index is -0.359. The van der Waals surface area contributed by atoms with Crippen LogP contribution < -0.4 is 0 Å². The zero-order valence-corrected chi connectivity index (χ0v) is 8.89. The first-order valence-corrected chi connectivity index (χ1v) is 4.21. The van der Waals surface area contributed by atoms with E-state index in [2.05, 4.69) is 4.74 Å². The number of ether oxygens (including phenoxy) is 1. The van der Waals surface area contributed by atoms with Gasteiger partial charge in [-0.3, -0.25) is 14.9 Å². The largest absolute Gasteiger partial charge is 0.471 e. The van der Waals surface area contributed by atoms with Crippen LogP contribution in [0, 0.1) is 24.0 Å². The van der Waals surface area contributed by atoms with Crippen LogP contribution in [0.1, 0.15) is 11.1 Å². The molecule has 0 saturated heterocycles. The van der Waals surface area contributed by atoms with Crippen molar-refractivity contribution in [2.75, 3.05) is 7.11 Å². The van der Waals surface area contributed by atoms with Gasteiger partial charge in [-0.15, -0.1) is 0 Å². The Morgan fingerprint density at radius 3 is 2.27 bits per heavy atom. The van der Waals surface area contributed by atoms with Gasteiger partial charge in [0.1, 0.15) is 0 Å². The van der Waals surface area contributed by atoms with Crippen LogP contribution in [-0.4, -0.2) is 18.5 Å². The molecule has 0 unspecified atom stereocenters.